The molecule has 2 unspecified atom stereocenters. The van der Waals surface area contributed by atoms with E-state index < -0.39 is 11.9 Å². The molecular formula is C13H22N2O4. The van der Waals surface area contributed by atoms with Crippen molar-refractivity contribution in [2.75, 3.05) is 26.3 Å². The molecule has 0 bridgehead atoms. The molecule has 19 heavy (non-hydrogen) atoms. The molecule has 0 radical (unpaired) electrons. The first kappa shape index (κ1) is 14.3. The fourth-order valence-corrected chi connectivity index (χ4v) is 2.86. The van der Waals surface area contributed by atoms with Crippen molar-refractivity contribution in [2.24, 2.45) is 5.92 Å². The van der Waals surface area contributed by atoms with E-state index in [0.717, 1.165) is 25.8 Å². The van der Waals surface area contributed by atoms with Crippen molar-refractivity contribution in [2.45, 2.75) is 38.3 Å². The maximum absolute atomic E-state index is 12.5. The minimum Gasteiger partial charge on any atom is -0.481 e. The zero-order valence-corrected chi connectivity index (χ0v) is 11.3. The molecule has 0 aliphatic carbocycles. The minimum atomic E-state index is -0.879. The Morgan fingerprint density at radius 1 is 1.42 bits per heavy atom. The molecule has 2 fully saturated rings. The number of hydrogen-bond acceptors (Lipinski definition) is 4. The van der Waals surface area contributed by atoms with Crippen LogP contribution in [0.2, 0.25) is 0 Å². The number of ether oxygens (including phenoxy) is 1. The summed E-state index contributed by atoms with van der Waals surface area (Å²) in [5.74, 6) is -1.45. The Balaban J connectivity index is 2.09. The molecule has 2 heterocycles. The third kappa shape index (κ3) is 3.06. The second-order valence-electron chi connectivity index (χ2n) is 5.23. The van der Waals surface area contributed by atoms with Gasteiger partial charge in [-0.2, -0.15) is 0 Å². The lowest BCUT2D eigenvalue weighted by Gasteiger charge is -2.32. The molecule has 2 aliphatic heterocycles. The molecule has 6 nitrogen and oxygen atoms in total. The molecule has 2 N–H and O–H groups in total. The molecule has 1 amide bonds. The monoisotopic (exact) mass is 270 g/mol. The van der Waals surface area contributed by atoms with E-state index >= 15 is 0 Å². The minimum absolute atomic E-state index is 0.0288. The smallest absolute Gasteiger partial charge is 0.311 e. The third-order valence-electron chi connectivity index (χ3n) is 3.87. The highest BCUT2D eigenvalue weighted by Gasteiger charge is 2.41. The summed E-state index contributed by atoms with van der Waals surface area (Å²) in [5, 5.41) is 12.4. The van der Waals surface area contributed by atoms with Gasteiger partial charge < -0.3 is 20.1 Å². The first-order chi connectivity index (χ1) is 9.15. The van der Waals surface area contributed by atoms with Gasteiger partial charge in [-0.05, 0) is 25.8 Å². The first-order valence-electron chi connectivity index (χ1n) is 6.99. The van der Waals surface area contributed by atoms with Crippen molar-refractivity contribution in [3.8, 4) is 0 Å². The van der Waals surface area contributed by atoms with Crippen molar-refractivity contribution < 1.29 is 19.4 Å². The Kier molecular flexibility index (Phi) is 4.76. The van der Waals surface area contributed by atoms with Gasteiger partial charge in [0, 0.05) is 6.54 Å². The number of nitrogens with one attached hydrogen (secondary N) is 1. The molecule has 0 aromatic carbocycles. The number of aliphatic carboxylic acids is 1. The Labute approximate surface area is 113 Å². The van der Waals surface area contributed by atoms with Crippen LogP contribution in [0.4, 0.5) is 0 Å². The van der Waals surface area contributed by atoms with Crippen molar-refractivity contribution in [3.05, 3.63) is 0 Å². The van der Waals surface area contributed by atoms with Gasteiger partial charge in [0.25, 0.3) is 0 Å². The number of amides is 1. The van der Waals surface area contributed by atoms with E-state index in [1.807, 2.05) is 6.92 Å². The van der Waals surface area contributed by atoms with Crippen LogP contribution in [-0.4, -0.2) is 60.3 Å². The predicted molar refractivity (Wildman–Crippen MR) is 68.8 cm³/mol. The molecule has 2 saturated heterocycles. The lowest BCUT2D eigenvalue weighted by Crippen LogP contribution is -2.52. The summed E-state index contributed by atoms with van der Waals surface area (Å²) in [5.41, 5.74) is 0. The van der Waals surface area contributed by atoms with Gasteiger partial charge in [-0.15, -0.1) is 0 Å². The van der Waals surface area contributed by atoms with Gasteiger partial charge in [-0.3, -0.25) is 9.59 Å². The number of hydrogen-bond donors (Lipinski definition) is 2. The van der Waals surface area contributed by atoms with Crippen LogP contribution in [0.25, 0.3) is 0 Å². The summed E-state index contributed by atoms with van der Waals surface area (Å²) >= 11 is 0. The molecule has 0 spiro atoms. The Bertz CT molecular complexity index is 342. The lowest BCUT2D eigenvalue weighted by atomic mass is 10.0. The number of carboxylic acid groups (broad SMARTS) is 1. The maximum Gasteiger partial charge on any atom is 0.311 e. The second kappa shape index (κ2) is 6.34. The second-order valence-corrected chi connectivity index (χ2v) is 5.23. The molecule has 0 saturated carbocycles. The van der Waals surface area contributed by atoms with E-state index in [2.05, 4.69) is 5.32 Å². The van der Waals surface area contributed by atoms with Gasteiger partial charge in [0.1, 0.15) is 5.92 Å². The van der Waals surface area contributed by atoms with Crippen LogP contribution in [-0.2, 0) is 14.3 Å². The van der Waals surface area contributed by atoms with Crippen molar-refractivity contribution >= 4 is 11.9 Å². The van der Waals surface area contributed by atoms with E-state index in [0.29, 0.717) is 13.2 Å². The summed E-state index contributed by atoms with van der Waals surface area (Å²) in [4.78, 5) is 25.5. The van der Waals surface area contributed by atoms with Crippen molar-refractivity contribution in [3.63, 3.8) is 0 Å². The number of carboxylic acids is 1. The average molecular weight is 270 g/mol. The topological polar surface area (TPSA) is 78.9 Å². The highest BCUT2D eigenvalue weighted by molar-refractivity contribution is 5.83. The summed E-state index contributed by atoms with van der Waals surface area (Å²) in [7, 11) is 0. The molecule has 2 rings (SSSR count). The summed E-state index contributed by atoms with van der Waals surface area (Å²) in [6.45, 7) is 3.98. The van der Waals surface area contributed by atoms with Gasteiger partial charge in [0.15, 0.2) is 0 Å². The zero-order chi connectivity index (χ0) is 13.8. The van der Waals surface area contributed by atoms with Crippen LogP contribution in [0.1, 0.15) is 26.2 Å². The number of rotatable bonds is 5. The van der Waals surface area contributed by atoms with E-state index in [4.69, 9.17) is 4.74 Å². The summed E-state index contributed by atoms with van der Waals surface area (Å²) in [6.07, 6.45) is 2.66. The van der Waals surface area contributed by atoms with E-state index in [9.17, 15) is 14.7 Å². The van der Waals surface area contributed by atoms with Gasteiger partial charge >= 0.3 is 5.97 Å². The van der Waals surface area contributed by atoms with E-state index in [1.165, 1.54) is 0 Å². The van der Waals surface area contributed by atoms with Gasteiger partial charge in [0.2, 0.25) is 5.91 Å². The van der Waals surface area contributed by atoms with Crippen LogP contribution in [0.3, 0.4) is 0 Å². The van der Waals surface area contributed by atoms with Crippen LogP contribution in [0.5, 0.6) is 0 Å². The Hall–Kier alpha value is -1.14. The van der Waals surface area contributed by atoms with Crippen LogP contribution in [0.15, 0.2) is 0 Å². The van der Waals surface area contributed by atoms with Gasteiger partial charge in [-0.25, -0.2) is 0 Å². The highest BCUT2D eigenvalue weighted by Crippen LogP contribution is 2.22. The Morgan fingerprint density at radius 2 is 2.21 bits per heavy atom. The SMILES string of the molecule is CCCN(C(=O)[C@H]1CCCN1)C1COCC1C(=O)O. The standard InChI is InChI=1S/C13H22N2O4/c1-2-6-15(12(16)10-4-3-5-14-10)11-8-19-7-9(11)13(17)18/h9-11,14H,2-8H2,1H3,(H,17,18)/t9?,10-,11?/m1/s1. The predicted octanol–water partition coefficient (Wildman–Crippen LogP) is 0.0766. The molecule has 2 aliphatic rings. The van der Waals surface area contributed by atoms with Crippen LogP contribution in [0, 0.1) is 5.92 Å². The summed E-state index contributed by atoms with van der Waals surface area (Å²) < 4.78 is 5.28. The zero-order valence-electron chi connectivity index (χ0n) is 11.3. The van der Waals surface area contributed by atoms with E-state index in [1.54, 1.807) is 4.90 Å². The van der Waals surface area contributed by atoms with Crippen molar-refractivity contribution in [1.82, 2.24) is 10.2 Å². The fourth-order valence-electron chi connectivity index (χ4n) is 2.86. The first-order valence-corrected chi connectivity index (χ1v) is 6.99. The van der Waals surface area contributed by atoms with E-state index in [-0.39, 0.29) is 24.6 Å². The van der Waals surface area contributed by atoms with Crippen LogP contribution < -0.4 is 5.32 Å². The van der Waals surface area contributed by atoms with Crippen LogP contribution >= 0.6 is 0 Å². The normalized spacial score (nSPS) is 30.5. The molecule has 0 aromatic heterocycles. The van der Waals surface area contributed by atoms with Gasteiger partial charge in [0.05, 0.1) is 25.3 Å². The third-order valence-corrected chi connectivity index (χ3v) is 3.87. The van der Waals surface area contributed by atoms with Gasteiger partial charge in [-0.1, -0.05) is 6.92 Å². The maximum atomic E-state index is 12.5. The average Bonchev–Trinajstić information content (AvgIpc) is 3.05. The quantitative estimate of drug-likeness (QED) is 0.739. The fraction of sp³-hybridized carbons (Fsp3) is 0.846. The lowest BCUT2D eigenvalue weighted by molar-refractivity contribution is -0.145. The molecule has 108 valence electrons. The largest absolute Gasteiger partial charge is 0.481 e. The number of nitrogens with zero attached hydrogens (tertiary/aromatic N) is 1. The van der Waals surface area contributed by atoms with Crippen molar-refractivity contribution in [1.29, 1.82) is 0 Å². The number of carbonyl (C=O) groups is 2. The summed E-state index contributed by atoms with van der Waals surface area (Å²) in [6, 6.07) is -0.478. The molecule has 6 heteroatoms. The molecule has 3 atom stereocenters. The molecular weight excluding hydrogens is 248 g/mol. The Morgan fingerprint density at radius 3 is 2.79 bits per heavy atom. The highest BCUT2D eigenvalue weighted by atomic mass is 16.5. The number of carbonyl (C=O) groups excluding carboxylic acids is 1. The molecule has 0 aromatic rings.